The lowest BCUT2D eigenvalue weighted by Crippen LogP contribution is -2.20. The molecule has 2 aromatic rings. The summed E-state index contributed by atoms with van der Waals surface area (Å²) in [5.74, 6) is -0.473. The Labute approximate surface area is 139 Å². The highest BCUT2D eigenvalue weighted by atomic mass is 32.2. The van der Waals surface area contributed by atoms with Crippen LogP contribution in [0.5, 0.6) is 0 Å². The average molecular weight is 347 g/mol. The topological polar surface area (TPSA) is 122 Å². The third kappa shape index (κ3) is 3.25. The molecule has 2 aromatic carbocycles. The van der Waals surface area contributed by atoms with Crippen LogP contribution in [-0.4, -0.2) is 26.0 Å². The van der Waals surface area contributed by atoms with Gasteiger partial charge in [-0.1, -0.05) is 12.1 Å². The SMILES string of the molecule is NS(=O)(=O)c1ccc(NCC2C(=O)Nc3cc(CO)ccc32)cc1. The number of sulfonamides is 1. The minimum Gasteiger partial charge on any atom is -0.392 e. The van der Waals surface area contributed by atoms with E-state index in [9.17, 15) is 13.2 Å². The Morgan fingerprint density at radius 1 is 1.17 bits per heavy atom. The number of aliphatic hydroxyl groups is 1. The van der Waals surface area contributed by atoms with Gasteiger partial charge < -0.3 is 15.7 Å². The second-order valence-electron chi connectivity index (χ2n) is 5.57. The quantitative estimate of drug-likeness (QED) is 0.642. The molecule has 0 saturated heterocycles. The third-order valence-corrected chi connectivity index (χ3v) is 4.87. The third-order valence-electron chi connectivity index (χ3n) is 3.94. The van der Waals surface area contributed by atoms with Crippen LogP contribution in [0.3, 0.4) is 0 Å². The van der Waals surface area contributed by atoms with E-state index in [0.717, 1.165) is 11.1 Å². The largest absolute Gasteiger partial charge is 0.392 e. The summed E-state index contributed by atoms with van der Waals surface area (Å²) in [6.07, 6.45) is 0. The Kier molecular flexibility index (Phi) is 4.27. The molecular formula is C16H17N3O4S. The second-order valence-corrected chi connectivity index (χ2v) is 7.13. The van der Waals surface area contributed by atoms with Gasteiger partial charge in [0.25, 0.3) is 0 Å². The molecule has 1 aliphatic rings. The molecule has 7 nitrogen and oxygen atoms in total. The molecule has 0 spiro atoms. The molecular weight excluding hydrogens is 330 g/mol. The Morgan fingerprint density at radius 3 is 2.50 bits per heavy atom. The Morgan fingerprint density at radius 2 is 1.88 bits per heavy atom. The molecule has 0 fully saturated rings. The van der Waals surface area contributed by atoms with Crippen molar-refractivity contribution in [2.45, 2.75) is 17.4 Å². The van der Waals surface area contributed by atoms with Crippen LogP contribution in [0.4, 0.5) is 11.4 Å². The number of nitrogens with one attached hydrogen (secondary N) is 2. The summed E-state index contributed by atoms with van der Waals surface area (Å²) in [6.45, 7) is 0.286. The first-order valence-corrected chi connectivity index (χ1v) is 8.84. The van der Waals surface area contributed by atoms with Gasteiger partial charge in [-0.05, 0) is 41.5 Å². The molecule has 5 N–H and O–H groups in total. The fraction of sp³-hybridized carbons (Fsp3) is 0.188. The smallest absolute Gasteiger partial charge is 0.238 e. The molecule has 3 rings (SSSR count). The molecule has 1 atom stereocenters. The van der Waals surface area contributed by atoms with E-state index in [2.05, 4.69) is 10.6 Å². The maximum Gasteiger partial charge on any atom is 0.238 e. The summed E-state index contributed by atoms with van der Waals surface area (Å²) >= 11 is 0. The van der Waals surface area contributed by atoms with Gasteiger partial charge in [-0.2, -0.15) is 0 Å². The molecule has 126 valence electrons. The second kappa shape index (κ2) is 6.23. The lowest BCUT2D eigenvalue weighted by molar-refractivity contribution is -0.116. The highest BCUT2D eigenvalue weighted by Gasteiger charge is 2.30. The number of aliphatic hydroxyl groups excluding tert-OH is 1. The van der Waals surface area contributed by atoms with Crippen LogP contribution in [0.15, 0.2) is 47.4 Å². The number of benzene rings is 2. The Balaban J connectivity index is 1.73. The highest BCUT2D eigenvalue weighted by molar-refractivity contribution is 7.89. The fourth-order valence-electron chi connectivity index (χ4n) is 2.66. The van der Waals surface area contributed by atoms with Crippen molar-refractivity contribution in [2.24, 2.45) is 5.14 Å². The number of carbonyl (C=O) groups excluding carboxylic acids is 1. The minimum atomic E-state index is -3.72. The molecule has 0 saturated carbocycles. The molecule has 0 bridgehead atoms. The molecule has 1 aliphatic heterocycles. The van der Waals surface area contributed by atoms with Crippen molar-refractivity contribution in [3.63, 3.8) is 0 Å². The average Bonchev–Trinajstić information content (AvgIpc) is 2.86. The summed E-state index contributed by atoms with van der Waals surface area (Å²) in [5, 5.41) is 20.1. The molecule has 1 amide bonds. The van der Waals surface area contributed by atoms with Crippen LogP contribution in [0.1, 0.15) is 17.0 Å². The van der Waals surface area contributed by atoms with Gasteiger partial charge in [0.05, 0.1) is 17.4 Å². The molecule has 1 unspecified atom stereocenters. The molecule has 8 heteroatoms. The Bertz CT molecular complexity index is 879. The zero-order valence-corrected chi connectivity index (χ0v) is 13.5. The van der Waals surface area contributed by atoms with Gasteiger partial charge >= 0.3 is 0 Å². The number of anilines is 2. The fourth-order valence-corrected chi connectivity index (χ4v) is 3.18. The zero-order valence-electron chi connectivity index (χ0n) is 12.7. The van der Waals surface area contributed by atoms with Gasteiger partial charge in [-0.3, -0.25) is 4.79 Å². The summed E-state index contributed by atoms with van der Waals surface area (Å²) in [6, 6.07) is 11.4. The number of hydrogen-bond acceptors (Lipinski definition) is 5. The first-order chi connectivity index (χ1) is 11.4. The van der Waals surface area contributed by atoms with E-state index in [1.165, 1.54) is 12.1 Å². The Hall–Kier alpha value is -2.42. The molecule has 1 heterocycles. The number of carbonyl (C=O) groups is 1. The van der Waals surface area contributed by atoms with Crippen LogP contribution < -0.4 is 15.8 Å². The van der Waals surface area contributed by atoms with E-state index in [4.69, 9.17) is 10.2 Å². The van der Waals surface area contributed by atoms with E-state index in [1.807, 2.05) is 6.07 Å². The van der Waals surface area contributed by atoms with Gasteiger partial charge in [-0.15, -0.1) is 0 Å². The maximum atomic E-state index is 12.1. The van der Waals surface area contributed by atoms with E-state index < -0.39 is 10.0 Å². The van der Waals surface area contributed by atoms with Crippen molar-refractivity contribution >= 4 is 27.3 Å². The maximum absolute atomic E-state index is 12.1. The van der Waals surface area contributed by atoms with E-state index in [0.29, 0.717) is 17.9 Å². The van der Waals surface area contributed by atoms with Crippen molar-refractivity contribution < 1.29 is 18.3 Å². The van der Waals surface area contributed by atoms with Gasteiger partial charge in [0.15, 0.2) is 0 Å². The zero-order chi connectivity index (χ0) is 17.3. The van der Waals surface area contributed by atoms with Crippen molar-refractivity contribution in [1.82, 2.24) is 0 Å². The highest BCUT2D eigenvalue weighted by Crippen LogP contribution is 2.33. The van der Waals surface area contributed by atoms with Gasteiger partial charge in [0.1, 0.15) is 0 Å². The number of nitrogens with two attached hydrogens (primary N) is 1. The molecule has 0 aliphatic carbocycles. The lowest BCUT2D eigenvalue weighted by atomic mass is 9.99. The lowest BCUT2D eigenvalue weighted by Gasteiger charge is -2.12. The predicted molar refractivity (Wildman–Crippen MR) is 90.0 cm³/mol. The van der Waals surface area contributed by atoms with E-state index >= 15 is 0 Å². The van der Waals surface area contributed by atoms with Crippen molar-refractivity contribution in [3.05, 3.63) is 53.6 Å². The van der Waals surface area contributed by atoms with Crippen molar-refractivity contribution in [3.8, 4) is 0 Å². The molecule has 0 radical (unpaired) electrons. The number of hydrogen-bond donors (Lipinski definition) is 4. The monoisotopic (exact) mass is 347 g/mol. The van der Waals surface area contributed by atoms with Crippen LogP contribution >= 0.6 is 0 Å². The van der Waals surface area contributed by atoms with Crippen LogP contribution in [0.25, 0.3) is 0 Å². The van der Waals surface area contributed by atoms with Crippen LogP contribution in [-0.2, 0) is 21.4 Å². The van der Waals surface area contributed by atoms with E-state index in [-0.39, 0.29) is 23.3 Å². The number of rotatable bonds is 5. The predicted octanol–water partition coefficient (Wildman–Crippen LogP) is 0.974. The van der Waals surface area contributed by atoms with Crippen LogP contribution in [0, 0.1) is 0 Å². The summed E-state index contributed by atoms with van der Waals surface area (Å²) < 4.78 is 22.5. The van der Waals surface area contributed by atoms with Gasteiger partial charge in [0.2, 0.25) is 15.9 Å². The standard InChI is InChI=1S/C16H17N3O4S/c17-24(22,23)12-4-2-11(3-5-12)18-8-14-13-6-1-10(9-20)7-15(13)19-16(14)21/h1-7,14,18,20H,8-9H2,(H,19,21)(H2,17,22,23). The number of amides is 1. The summed E-state index contributed by atoms with van der Waals surface area (Å²) in [5.41, 5.74) is 3.01. The van der Waals surface area contributed by atoms with Crippen LogP contribution in [0.2, 0.25) is 0 Å². The summed E-state index contributed by atoms with van der Waals surface area (Å²) in [7, 11) is -3.72. The van der Waals surface area contributed by atoms with Crippen molar-refractivity contribution in [2.75, 3.05) is 17.2 Å². The van der Waals surface area contributed by atoms with Crippen molar-refractivity contribution in [1.29, 1.82) is 0 Å². The first kappa shape index (κ1) is 16.4. The number of fused-ring (bicyclic) bond motifs is 1. The van der Waals surface area contributed by atoms with Gasteiger partial charge in [-0.25, -0.2) is 13.6 Å². The normalized spacial score (nSPS) is 16.6. The summed E-state index contributed by atoms with van der Waals surface area (Å²) in [4.78, 5) is 12.2. The first-order valence-electron chi connectivity index (χ1n) is 7.30. The molecule has 24 heavy (non-hydrogen) atoms. The van der Waals surface area contributed by atoms with E-state index in [1.54, 1.807) is 24.3 Å². The van der Waals surface area contributed by atoms with Gasteiger partial charge in [0, 0.05) is 17.9 Å². The molecule has 0 aromatic heterocycles. The minimum absolute atomic E-state index is 0.0357. The number of primary sulfonamides is 1.